The predicted molar refractivity (Wildman–Crippen MR) is 71.6 cm³/mol. The maximum atomic E-state index is 12.0. The summed E-state index contributed by atoms with van der Waals surface area (Å²) in [5.41, 5.74) is 0.903. The van der Waals surface area contributed by atoms with E-state index in [1.165, 1.54) is 11.3 Å². The van der Waals surface area contributed by atoms with E-state index in [9.17, 15) is 8.42 Å². The van der Waals surface area contributed by atoms with Crippen LogP contribution in [0.5, 0.6) is 0 Å². The molecule has 0 saturated carbocycles. The van der Waals surface area contributed by atoms with Crippen molar-refractivity contribution in [2.45, 2.75) is 18.4 Å². The molecule has 0 bridgehead atoms. The van der Waals surface area contributed by atoms with Gasteiger partial charge in [-0.3, -0.25) is 0 Å². The van der Waals surface area contributed by atoms with Gasteiger partial charge in [0.05, 0.1) is 8.68 Å². The second-order valence-electron chi connectivity index (χ2n) is 3.51. The highest BCUT2D eigenvalue weighted by atomic mass is 79.9. The number of hydrogen-bond donors (Lipinski definition) is 2. The minimum absolute atomic E-state index is 0.290. The van der Waals surface area contributed by atoms with Gasteiger partial charge in [-0.25, -0.2) is 13.1 Å². The van der Waals surface area contributed by atoms with Gasteiger partial charge in [-0.15, -0.1) is 11.3 Å². The Hall–Kier alpha value is -0.630. The smallest absolute Gasteiger partial charge is 0.242 e. The van der Waals surface area contributed by atoms with Gasteiger partial charge >= 0.3 is 0 Å². The Bertz CT molecular complexity index is 602. The standard InChI is InChI=1S/C10H11BrN2O2S2/c1-7-9(4-10(11)16-7)17(14,15)13-6-8-2-3-12-5-8/h2-5,12-13H,6H2,1H3. The fraction of sp³-hybridized carbons (Fsp3) is 0.200. The van der Waals surface area contributed by atoms with Crippen LogP contribution in [-0.2, 0) is 16.6 Å². The fourth-order valence-electron chi connectivity index (χ4n) is 1.42. The van der Waals surface area contributed by atoms with Crippen LogP contribution < -0.4 is 4.72 Å². The molecule has 17 heavy (non-hydrogen) atoms. The Morgan fingerprint density at radius 2 is 2.29 bits per heavy atom. The van der Waals surface area contributed by atoms with Gasteiger partial charge in [-0.05, 0) is 40.5 Å². The van der Waals surface area contributed by atoms with Gasteiger partial charge in [0.2, 0.25) is 10.0 Å². The SMILES string of the molecule is Cc1sc(Br)cc1S(=O)(=O)NCc1cc[nH]c1. The fourth-order valence-corrected chi connectivity index (χ4v) is 4.85. The summed E-state index contributed by atoms with van der Waals surface area (Å²) in [7, 11) is -3.43. The summed E-state index contributed by atoms with van der Waals surface area (Å²) in [5, 5.41) is 0. The number of H-pyrrole nitrogens is 1. The highest BCUT2D eigenvalue weighted by molar-refractivity contribution is 9.11. The molecule has 0 amide bonds. The Morgan fingerprint density at radius 1 is 1.53 bits per heavy atom. The van der Waals surface area contributed by atoms with E-state index in [1.807, 2.05) is 6.07 Å². The van der Waals surface area contributed by atoms with Gasteiger partial charge in [0.15, 0.2) is 0 Å². The van der Waals surface area contributed by atoms with Crippen LogP contribution in [0.2, 0.25) is 0 Å². The maximum Gasteiger partial charge on any atom is 0.242 e. The first-order valence-corrected chi connectivity index (χ1v) is 7.95. The van der Waals surface area contributed by atoms with Crippen LogP contribution in [0.15, 0.2) is 33.2 Å². The summed E-state index contributed by atoms with van der Waals surface area (Å²) in [6, 6.07) is 3.46. The highest BCUT2D eigenvalue weighted by Gasteiger charge is 2.19. The molecule has 0 unspecified atom stereocenters. The molecule has 0 aliphatic rings. The molecule has 92 valence electrons. The van der Waals surface area contributed by atoms with E-state index in [2.05, 4.69) is 25.6 Å². The number of nitrogens with one attached hydrogen (secondary N) is 2. The molecule has 2 aromatic rings. The Kier molecular flexibility index (Phi) is 3.72. The lowest BCUT2D eigenvalue weighted by Gasteiger charge is -2.04. The van der Waals surface area contributed by atoms with E-state index in [0.717, 1.165) is 14.2 Å². The van der Waals surface area contributed by atoms with Crippen molar-refractivity contribution in [3.05, 3.63) is 38.8 Å². The average Bonchev–Trinajstić information content (AvgIpc) is 2.85. The molecular formula is C10H11BrN2O2S2. The van der Waals surface area contributed by atoms with E-state index >= 15 is 0 Å². The summed E-state index contributed by atoms with van der Waals surface area (Å²) in [4.78, 5) is 4.00. The van der Waals surface area contributed by atoms with Gasteiger partial charge in [0.25, 0.3) is 0 Å². The Labute approximate surface area is 112 Å². The molecule has 0 fully saturated rings. The first-order valence-electron chi connectivity index (χ1n) is 4.86. The zero-order chi connectivity index (χ0) is 12.5. The zero-order valence-electron chi connectivity index (χ0n) is 9.03. The first-order chi connectivity index (χ1) is 7.99. The summed E-state index contributed by atoms with van der Waals surface area (Å²) in [5.74, 6) is 0. The maximum absolute atomic E-state index is 12.0. The van der Waals surface area contributed by atoms with Gasteiger partial charge in [-0.1, -0.05) is 0 Å². The van der Waals surface area contributed by atoms with Crippen molar-refractivity contribution < 1.29 is 8.42 Å². The molecular weight excluding hydrogens is 324 g/mol. The largest absolute Gasteiger partial charge is 0.367 e. The Morgan fingerprint density at radius 3 is 2.82 bits per heavy atom. The third-order valence-corrected chi connectivity index (χ3v) is 5.47. The Balaban J connectivity index is 2.17. The lowest BCUT2D eigenvalue weighted by atomic mass is 10.4. The predicted octanol–water partition coefficient (Wildman–Crippen LogP) is 2.63. The molecule has 0 radical (unpaired) electrons. The molecule has 2 heterocycles. The van der Waals surface area contributed by atoms with Crippen molar-refractivity contribution in [1.82, 2.24) is 9.71 Å². The second-order valence-corrected chi connectivity index (χ2v) is 7.89. The summed E-state index contributed by atoms with van der Waals surface area (Å²) >= 11 is 4.70. The van der Waals surface area contributed by atoms with Crippen molar-refractivity contribution in [3.8, 4) is 0 Å². The van der Waals surface area contributed by atoms with Crippen molar-refractivity contribution in [3.63, 3.8) is 0 Å². The number of sulfonamides is 1. The van der Waals surface area contributed by atoms with Crippen LogP contribution in [0.4, 0.5) is 0 Å². The van der Waals surface area contributed by atoms with Crippen molar-refractivity contribution in [1.29, 1.82) is 0 Å². The quantitative estimate of drug-likeness (QED) is 0.902. The number of thiophene rings is 1. The number of aryl methyl sites for hydroxylation is 1. The molecule has 0 saturated heterocycles. The van der Waals surface area contributed by atoms with Crippen LogP contribution in [0.25, 0.3) is 0 Å². The van der Waals surface area contributed by atoms with Crippen LogP contribution in [-0.4, -0.2) is 13.4 Å². The lowest BCUT2D eigenvalue weighted by Crippen LogP contribution is -2.23. The topological polar surface area (TPSA) is 62.0 Å². The molecule has 2 N–H and O–H groups in total. The molecule has 4 nitrogen and oxygen atoms in total. The summed E-state index contributed by atoms with van der Waals surface area (Å²) in [6.07, 6.45) is 3.52. The number of aromatic nitrogens is 1. The van der Waals surface area contributed by atoms with Gasteiger partial charge in [0, 0.05) is 23.8 Å². The van der Waals surface area contributed by atoms with E-state index in [1.54, 1.807) is 25.4 Å². The van der Waals surface area contributed by atoms with E-state index in [4.69, 9.17) is 0 Å². The minimum Gasteiger partial charge on any atom is -0.367 e. The minimum atomic E-state index is -3.43. The van der Waals surface area contributed by atoms with Crippen molar-refractivity contribution in [2.75, 3.05) is 0 Å². The van der Waals surface area contributed by atoms with E-state index in [-0.39, 0.29) is 0 Å². The first kappa shape index (κ1) is 12.8. The van der Waals surface area contributed by atoms with Crippen LogP contribution >= 0.6 is 27.3 Å². The molecule has 0 aliphatic carbocycles. The van der Waals surface area contributed by atoms with E-state index in [0.29, 0.717) is 11.4 Å². The third-order valence-electron chi connectivity index (χ3n) is 2.26. The lowest BCUT2D eigenvalue weighted by molar-refractivity contribution is 0.581. The normalized spacial score (nSPS) is 11.9. The molecule has 7 heteroatoms. The highest BCUT2D eigenvalue weighted by Crippen LogP contribution is 2.29. The summed E-state index contributed by atoms with van der Waals surface area (Å²) in [6.45, 7) is 2.08. The van der Waals surface area contributed by atoms with Crippen molar-refractivity contribution in [2.24, 2.45) is 0 Å². The number of halogens is 1. The molecule has 0 aliphatic heterocycles. The zero-order valence-corrected chi connectivity index (χ0v) is 12.2. The van der Waals surface area contributed by atoms with Crippen molar-refractivity contribution >= 4 is 37.3 Å². The number of aromatic amines is 1. The summed E-state index contributed by atoms with van der Waals surface area (Å²) < 4.78 is 27.4. The molecule has 0 spiro atoms. The molecule has 0 aromatic carbocycles. The second kappa shape index (κ2) is 4.93. The van der Waals surface area contributed by atoms with E-state index < -0.39 is 10.0 Å². The molecule has 2 aromatic heterocycles. The third kappa shape index (κ3) is 2.98. The van der Waals surface area contributed by atoms with Gasteiger partial charge in [-0.2, -0.15) is 0 Å². The number of rotatable bonds is 4. The van der Waals surface area contributed by atoms with Crippen LogP contribution in [0, 0.1) is 6.92 Å². The van der Waals surface area contributed by atoms with Crippen LogP contribution in [0.1, 0.15) is 10.4 Å². The number of hydrogen-bond acceptors (Lipinski definition) is 3. The van der Waals surface area contributed by atoms with Crippen LogP contribution in [0.3, 0.4) is 0 Å². The molecule has 2 rings (SSSR count). The average molecular weight is 335 g/mol. The van der Waals surface area contributed by atoms with Gasteiger partial charge in [0.1, 0.15) is 0 Å². The monoisotopic (exact) mass is 334 g/mol. The molecule has 0 atom stereocenters. The van der Waals surface area contributed by atoms with Gasteiger partial charge < -0.3 is 4.98 Å².